The summed E-state index contributed by atoms with van der Waals surface area (Å²) < 4.78 is 44.2. The summed E-state index contributed by atoms with van der Waals surface area (Å²) in [5.74, 6) is 0.528. The minimum absolute atomic E-state index is 0.0464. The molecule has 1 N–H and O–H groups in total. The number of alkyl halides is 3. The Bertz CT molecular complexity index is 810. The fourth-order valence-corrected chi connectivity index (χ4v) is 2.93. The highest BCUT2D eigenvalue weighted by atomic mass is 19.4. The van der Waals surface area contributed by atoms with Gasteiger partial charge >= 0.3 is 6.18 Å². The molecule has 1 aliphatic carbocycles. The highest BCUT2D eigenvalue weighted by molar-refractivity contribution is 6.01. The van der Waals surface area contributed by atoms with Crippen molar-refractivity contribution in [2.45, 2.75) is 31.5 Å². The van der Waals surface area contributed by atoms with E-state index in [2.05, 4.69) is 0 Å². The first-order chi connectivity index (χ1) is 11.7. The van der Waals surface area contributed by atoms with E-state index in [9.17, 15) is 23.1 Å². The van der Waals surface area contributed by atoms with Crippen LogP contribution in [-0.2, 0) is 18.2 Å². The summed E-state index contributed by atoms with van der Waals surface area (Å²) in [5.41, 5.74) is -0.918. The number of hydrogen-bond acceptors (Lipinski definition) is 3. The van der Waals surface area contributed by atoms with E-state index >= 15 is 0 Å². The van der Waals surface area contributed by atoms with Crippen LogP contribution in [0.3, 0.4) is 0 Å². The number of rotatable bonds is 4. The molecule has 0 heterocycles. The van der Waals surface area contributed by atoms with Crippen molar-refractivity contribution < 1.29 is 27.8 Å². The molecule has 25 heavy (non-hydrogen) atoms. The second-order valence-corrected chi connectivity index (χ2v) is 6.35. The molecule has 1 atom stereocenters. The van der Waals surface area contributed by atoms with Crippen LogP contribution in [0.4, 0.5) is 13.2 Å². The van der Waals surface area contributed by atoms with Crippen LogP contribution >= 0.6 is 0 Å². The summed E-state index contributed by atoms with van der Waals surface area (Å²) in [4.78, 5) is 11.8. The number of aliphatic hydroxyl groups is 1. The minimum atomic E-state index is -4.48. The zero-order chi connectivity index (χ0) is 18.2. The SMILES string of the molecule is CC(O)(COc1cccc2c1CCC2=O)c1cccc(C(F)(F)F)c1. The van der Waals surface area contributed by atoms with Crippen molar-refractivity contribution in [3.63, 3.8) is 0 Å². The number of benzene rings is 2. The first-order valence-corrected chi connectivity index (χ1v) is 7.86. The van der Waals surface area contributed by atoms with Crippen LogP contribution in [0.15, 0.2) is 42.5 Å². The van der Waals surface area contributed by atoms with Gasteiger partial charge in [0.15, 0.2) is 5.78 Å². The maximum atomic E-state index is 12.8. The molecule has 0 aromatic heterocycles. The van der Waals surface area contributed by atoms with E-state index < -0.39 is 17.3 Å². The van der Waals surface area contributed by atoms with E-state index in [1.807, 2.05) is 0 Å². The van der Waals surface area contributed by atoms with Crippen LogP contribution < -0.4 is 4.74 Å². The average molecular weight is 350 g/mol. The fourth-order valence-electron chi connectivity index (χ4n) is 2.93. The fraction of sp³-hybridized carbons (Fsp3) is 0.316. The maximum Gasteiger partial charge on any atom is 0.416 e. The molecule has 0 radical (unpaired) electrons. The van der Waals surface area contributed by atoms with Crippen LogP contribution in [0.5, 0.6) is 5.75 Å². The molecule has 132 valence electrons. The summed E-state index contributed by atoms with van der Waals surface area (Å²) in [7, 11) is 0. The monoisotopic (exact) mass is 350 g/mol. The molecule has 0 bridgehead atoms. The minimum Gasteiger partial charge on any atom is -0.490 e. The van der Waals surface area contributed by atoms with Crippen molar-refractivity contribution in [2.75, 3.05) is 6.61 Å². The lowest BCUT2D eigenvalue weighted by molar-refractivity contribution is -0.137. The smallest absolute Gasteiger partial charge is 0.416 e. The lowest BCUT2D eigenvalue weighted by Gasteiger charge is -2.25. The number of Topliss-reactive ketones (excluding diaryl/α,β-unsaturated/α-hetero) is 1. The van der Waals surface area contributed by atoms with Gasteiger partial charge in [-0.25, -0.2) is 0 Å². The Hall–Kier alpha value is -2.34. The number of fused-ring (bicyclic) bond motifs is 1. The van der Waals surface area contributed by atoms with E-state index in [-0.39, 0.29) is 18.0 Å². The van der Waals surface area contributed by atoms with Gasteiger partial charge in [0, 0.05) is 17.5 Å². The lowest BCUT2D eigenvalue weighted by atomic mass is 9.95. The zero-order valence-electron chi connectivity index (χ0n) is 13.6. The van der Waals surface area contributed by atoms with Gasteiger partial charge in [0.25, 0.3) is 0 Å². The highest BCUT2D eigenvalue weighted by Crippen LogP contribution is 2.34. The van der Waals surface area contributed by atoms with Crippen LogP contribution in [0.1, 0.15) is 40.4 Å². The maximum absolute atomic E-state index is 12.8. The number of carbonyl (C=O) groups excluding carboxylic acids is 1. The van der Waals surface area contributed by atoms with Crippen molar-refractivity contribution in [3.05, 3.63) is 64.7 Å². The van der Waals surface area contributed by atoms with Crippen molar-refractivity contribution in [1.29, 1.82) is 0 Å². The van der Waals surface area contributed by atoms with E-state index in [0.29, 0.717) is 24.2 Å². The van der Waals surface area contributed by atoms with Gasteiger partial charge in [-0.2, -0.15) is 13.2 Å². The molecular formula is C19H17F3O3. The third-order valence-corrected chi connectivity index (χ3v) is 4.36. The van der Waals surface area contributed by atoms with Gasteiger partial charge in [0.1, 0.15) is 18.0 Å². The van der Waals surface area contributed by atoms with E-state index in [1.54, 1.807) is 18.2 Å². The topological polar surface area (TPSA) is 46.5 Å². The molecule has 0 saturated carbocycles. The number of ether oxygens (including phenoxy) is 1. The zero-order valence-corrected chi connectivity index (χ0v) is 13.6. The predicted molar refractivity (Wildman–Crippen MR) is 85.6 cm³/mol. The lowest BCUT2D eigenvalue weighted by Crippen LogP contribution is -2.30. The van der Waals surface area contributed by atoms with Crippen LogP contribution in [0.2, 0.25) is 0 Å². The van der Waals surface area contributed by atoms with Gasteiger partial charge in [-0.1, -0.05) is 24.3 Å². The normalized spacial score (nSPS) is 16.4. The molecule has 0 spiro atoms. The van der Waals surface area contributed by atoms with Crippen molar-refractivity contribution in [2.24, 2.45) is 0 Å². The van der Waals surface area contributed by atoms with Crippen molar-refractivity contribution in [3.8, 4) is 5.75 Å². The number of hydrogen-bond donors (Lipinski definition) is 1. The van der Waals surface area contributed by atoms with Gasteiger partial charge < -0.3 is 9.84 Å². The number of halogens is 3. The third kappa shape index (κ3) is 3.54. The Morgan fingerprint density at radius 3 is 2.48 bits per heavy atom. The first-order valence-electron chi connectivity index (χ1n) is 7.86. The Kier molecular flexibility index (Phi) is 4.33. The molecule has 0 amide bonds. The van der Waals surface area contributed by atoms with Gasteiger partial charge in [0.05, 0.1) is 5.56 Å². The molecule has 0 aliphatic heterocycles. The summed E-state index contributed by atoms with van der Waals surface area (Å²) in [6, 6.07) is 9.67. The summed E-state index contributed by atoms with van der Waals surface area (Å²) in [5, 5.41) is 10.6. The number of carbonyl (C=O) groups is 1. The van der Waals surface area contributed by atoms with Crippen LogP contribution in [0.25, 0.3) is 0 Å². The summed E-state index contributed by atoms with van der Waals surface area (Å²) in [6.07, 6.45) is -3.50. The molecule has 1 unspecified atom stereocenters. The Morgan fingerprint density at radius 1 is 1.08 bits per heavy atom. The molecule has 3 rings (SSSR count). The van der Waals surface area contributed by atoms with Crippen LogP contribution in [-0.4, -0.2) is 17.5 Å². The van der Waals surface area contributed by atoms with E-state index in [0.717, 1.165) is 17.7 Å². The average Bonchev–Trinajstić information content (AvgIpc) is 2.94. The molecule has 1 aliphatic rings. The van der Waals surface area contributed by atoms with Crippen molar-refractivity contribution in [1.82, 2.24) is 0 Å². The van der Waals surface area contributed by atoms with Gasteiger partial charge in [-0.05, 0) is 37.1 Å². The van der Waals surface area contributed by atoms with Gasteiger partial charge in [-0.15, -0.1) is 0 Å². The summed E-state index contributed by atoms with van der Waals surface area (Å²) in [6.45, 7) is 1.18. The molecule has 6 heteroatoms. The van der Waals surface area contributed by atoms with Gasteiger partial charge in [0.2, 0.25) is 0 Å². The second-order valence-electron chi connectivity index (χ2n) is 6.35. The molecule has 2 aromatic carbocycles. The Balaban J connectivity index is 1.81. The molecule has 2 aromatic rings. The highest BCUT2D eigenvalue weighted by Gasteiger charge is 2.33. The Morgan fingerprint density at radius 2 is 1.76 bits per heavy atom. The van der Waals surface area contributed by atoms with E-state index in [4.69, 9.17) is 4.74 Å². The molecule has 0 saturated heterocycles. The third-order valence-electron chi connectivity index (χ3n) is 4.36. The molecule has 3 nitrogen and oxygen atoms in total. The Labute approximate surface area is 143 Å². The standard InChI is InChI=1S/C19H17F3O3/c1-18(24,12-4-2-5-13(10-12)19(20,21)22)11-25-17-7-3-6-14-15(17)8-9-16(14)23/h2-7,10,24H,8-9,11H2,1H3. The van der Waals surface area contributed by atoms with Gasteiger partial charge in [-0.3, -0.25) is 4.79 Å². The quantitative estimate of drug-likeness (QED) is 0.902. The molecule has 0 fully saturated rings. The van der Waals surface area contributed by atoms with E-state index in [1.165, 1.54) is 19.1 Å². The first kappa shape index (κ1) is 17.5. The van der Waals surface area contributed by atoms with Crippen molar-refractivity contribution >= 4 is 5.78 Å². The van der Waals surface area contributed by atoms with Crippen LogP contribution in [0, 0.1) is 0 Å². The largest absolute Gasteiger partial charge is 0.490 e. The number of ketones is 1. The second kappa shape index (κ2) is 6.19. The summed E-state index contributed by atoms with van der Waals surface area (Å²) >= 11 is 0. The predicted octanol–water partition coefficient (Wildman–Crippen LogP) is 4.12. The molecular weight excluding hydrogens is 333 g/mol.